The monoisotopic (exact) mass is 350 g/mol. The first-order valence-corrected chi connectivity index (χ1v) is 7.96. The Bertz CT molecular complexity index is 620. The van der Waals surface area contributed by atoms with E-state index in [0.717, 1.165) is 37.4 Å². The fraction of sp³-hybridized carbons (Fsp3) is 0.368. The highest BCUT2D eigenvalue weighted by atomic mass is 35.5. The molecule has 0 aliphatic carbocycles. The summed E-state index contributed by atoms with van der Waals surface area (Å²) in [5, 5.41) is 3.34. The van der Waals surface area contributed by atoms with Crippen LogP contribution in [0.3, 0.4) is 0 Å². The minimum absolute atomic E-state index is 0. The first kappa shape index (κ1) is 20.3. The van der Waals surface area contributed by atoms with E-state index in [2.05, 4.69) is 23.5 Å². The molecule has 132 valence electrons. The summed E-state index contributed by atoms with van der Waals surface area (Å²) in [4.78, 5) is 0. The summed E-state index contributed by atoms with van der Waals surface area (Å²) in [6.07, 6.45) is 2.03. The Labute approximate surface area is 150 Å². The highest BCUT2D eigenvalue weighted by molar-refractivity contribution is 5.85. The highest BCUT2D eigenvalue weighted by Gasteiger charge is 2.08. The van der Waals surface area contributed by atoms with Gasteiger partial charge >= 0.3 is 0 Å². The van der Waals surface area contributed by atoms with Gasteiger partial charge in [-0.15, -0.1) is 12.4 Å². The number of nitrogens with one attached hydrogen (secondary N) is 1. The average molecular weight is 351 g/mol. The third-order valence-electron chi connectivity index (χ3n) is 3.87. The lowest BCUT2D eigenvalue weighted by atomic mass is 10.0. The number of ether oxygens (including phenoxy) is 2. The van der Waals surface area contributed by atoms with Crippen molar-refractivity contribution in [1.29, 1.82) is 0 Å². The Kier molecular flexibility index (Phi) is 9.23. The first-order chi connectivity index (χ1) is 11.3. The molecular formula is C19H27ClN2O2. The van der Waals surface area contributed by atoms with E-state index in [4.69, 9.17) is 15.2 Å². The molecule has 0 atom stereocenters. The summed E-state index contributed by atoms with van der Waals surface area (Å²) < 4.78 is 10.2. The van der Waals surface area contributed by atoms with Crippen LogP contribution in [0.4, 0.5) is 0 Å². The second kappa shape index (κ2) is 10.9. The molecule has 4 nitrogen and oxygen atoms in total. The van der Waals surface area contributed by atoms with Crippen LogP contribution in [-0.4, -0.2) is 27.3 Å². The predicted octanol–water partition coefficient (Wildman–Crippen LogP) is 2.96. The predicted molar refractivity (Wildman–Crippen MR) is 101 cm³/mol. The molecule has 24 heavy (non-hydrogen) atoms. The van der Waals surface area contributed by atoms with E-state index in [0.29, 0.717) is 6.54 Å². The molecule has 0 aromatic heterocycles. The van der Waals surface area contributed by atoms with E-state index in [1.54, 1.807) is 14.2 Å². The van der Waals surface area contributed by atoms with Crippen LogP contribution in [0, 0.1) is 0 Å². The van der Waals surface area contributed by atoms with Gasteiger partial charge in [-0.3, -0.25) is 0 Å². The second-order valence-electron chi connectivity index (χ2n) is 5.45. The normalized spacial score (nSPS) is 12.1. The van der Waals surface area contributed by atoms with Crippen LogP contribution in [0.1, 0.15) is 16.7 Å². The van der Waals surface area contributed by atoms with Crippen molar-refractivity contribution in [3.8, 4) is 11.5 Å². The lowest BCUT2D eigenvalue weighted by Crippen LogP contribution is -2.23. The van der Waals surface area contributed by atoms with E-state index >= 15 is 0 Å². The van der Waals surface area contributed by atoms with Gasteiger partial charge in [0, 0.05) is 6.54 Å². The van der Waals surface area contributed by atoms with Gasteiger partial charge in [0.25, 0.3) is 0 Å². The highest BCUT2D eigenvalue weighted by Crippen LogP contribution is 2.19. The van der Waals surface area contributed by atoms with Crippen molar-refractivity contribution >= 4 is 12.4 Å². The molecule has 1 heterocycles. The Morgan fingerprint density at radius 3 is 2.46 bits per heavy atom. The molecule has 0 bridgehead atoms. The van der Waals surface area contributed by atoms with Crippen molar-refractivity contribution in [2.24, 2.45) is 5.73 Å². The number of hydrogen-bond donors (Lipinski definition) is 2. The van der Waals surface area contributed by atoms with Crippen LogP contribution in [0.25, 0.3) is 0 Å². The summed E-state index contributed by atoms with van der Waals surface area (Å²) in [6, 6.07) is 14.3. The Balaban J connectivity index is 0.000000232. The molecule has 0 saturated carbocycles. The zero-order valence-electron chi connectivity index (χ0n) is 14.4. The van der Waals surface area contributed by atoms with Crippen LogP contribution < -0.4 is 20.5 Å². The summed E-state index contributed by atoms with van der Waals surface area (Å²) in [7, 11) is 3.38. The SMILES string of the molecule is COc1ccc2c(c1)CCNC2.COc1cccc(CCN)c1.Cl. The second-order valence-corrected chi connectivity index (χ2v) is 5.45. The summed E-state index contributed by atoms with van der Waals surface area (Å²) in [5.74, 6) is 1.87. The molecule has 0 fully saturated rings. The Hall–Kier alpha value is -1.75. The van der Waals surface area contributed by atoms with Crippen molar-refractivity contribution in [3.63, 3.8) is 0 Å². The maximum absolute atomic E-state index is 5.41. The van der Waals surface area contributed by atoms with Gasteiger partial charge in [-0.25, -0.2) is 0 Å². The molecule has 0 amide bonds. The van der Waals surface area contributed by atoms with E-state index in [-0.39, 0.29) is 12.4 Å². The number of hydrogen-bond acceptors (Lipinski definition) is 4. The Morgan fingerprint density at radius 2 is 1.75 bits per heavy atom. The molecule has 3 rings (SSSR count). The third kappa shape index (κ3) is 6.04. The quantitative estimate of drug-likeness (QED) is 0.890. The molecule has 5 heteroatoms. The first-order valence-electron chi connectivity index (χ1n) is 7.96. The van der Waals surface area contributed by atoms with Gasteiger partial charge < -0.3 is 20.5 Å². The maximum atomic E-state index is 5.41. The average Bonchev–Trinajstić information content (AvgIpc) is 2.62. The van der Waals surface area contributed by atoms with Crippen molar-refractivity contribution < 1.29 is 9.47 Å². The standard InChI is InChI=1S/C10H13NO.C9H13NO.ClH/c1-12-10-3-2-9-7-11-5-4-8(9)6-10;1-11-9-4-2-3-8(7-9)5-6-10;/h2-3,6,11H,4-5,7H2,1H3;2-4,7H,5-6,10H2,1H3;1H. The summed E-state index contributed by atoms with van der Waals surface area (Å²) >= 11 is 0. The largest absolute Gasteiger partial charge is 0.497 e. The van der Waals surface area contributed by atoms with Gasteiger partial charge in [-0.2, -0.15) is 0 Å². The maximum Gasteiger partial charge on any atom is 0.119 e. The number of methoxy groups -OCH3 is 2. The Morgan fingerprint density at radius 1 is 1.00 bits per heavy atom. The molecule has 0 radical (unpaired) electrons. The van der Waals surface area contributed by atoms with Gasteiger partial charge in [0.2, 0.25) is 0 Å². The third-order valence-corrected chi connectivity index (χ3v) is 3.87. The van der Waals surface area contributed by atoms with Crippen molar-refractivity contribution in [1.82, 2.24) is 5.32 Å². The molecule has 3 N–H and O–H groups in total. The molecule has 0 saturated heterocycles. The lowest BCUT2D eigenvalue weighted by molar-refractivity contribution is 0.413. The molecule has 0 spiro atoms. The van der Waals surface area contributed by atoms with Crippen molar-refractivity contribution in [2.45, 2.75) is 19.4 Å². The molecular weight excluding hydrogens is 324 g/mol. The topological polar surface area (TPSA) is 56.5 Å². The van der Waals surface area contributed by atoms with Crippen LogP contribution in [0.2, 0.25) is 0 Å². The van der Waals surface area contributed by atoms with Crippen LogP contribution in [0.15, 0.2) is 42.5 Å². The van der Waals surface area contributed by atoms with Gasteiger partial charge in [-0.1, -0.05) is 18.2 Å². The lowest BCUT2D eigenvalue weighted by Gasteiger charge is -2.17. The minimum Gasteiger partial charge on any atom is -0.497 e. The molecule has 2 aromatic rings. The minimum atomic E-state index is 0. The zero-order chi connectivity index (χ0) is 16.5. The van der Waals surface area contributed by atoms with Crippen LogP contribution in [-0.2, 0) is 19.4 Å². The smallest absolute Gasteiger partial charge is 0.119 e. The zero-order valence-corrected chi connectivity index (χ0v) is 15.2. The van der Waals surface area contributed by atoms with Gasteiger partial charge in [0.05, 0.1) is 14.2 Å². The number of benzene rings is 2. The van der Waals surface area contributed by atoms with Gasteiger partial charge in [0.15, 0.2) is 0 Å². The van der Waals surface area contributed by atoms with Gasteiger partial charge in [0.1, 0.15) is 11.5 Å². The summed E-state index contributed by atoms with van der Waals surface area (Å²) in [6.45, 7) is 2.77. The van der Waals surface area contributed by atoms with Crippen molar-refractivity contribution in [3.05, 3.63) is 59.2 Å². The van der Waals surface area contributed by atoms with Gasteiger partial charge in [-0.05, 0) is 66.9 Å². The van der Waals surface area contributed by atoms with E-state index < -0.39 is 0 Å². The molecule has 0 unspecified atom stereocenters. The molecule has 2 aromatic carbocycles. The summed E-state index contributed by atoms with van der Waals surface area (Å²) in [5.41, 5.74) is 9.47. The van der Waals surface area contributed by atoms with Crippen molar-refractivity contribution in [2.75, 3.05) is 27.3 Å². The van der Waals surface area contributed by atoms with E-state index in [1.165, 1.54) is 16.7 Å². The van der Waals surface area contributed by atoms with E-state index in [9.17, 15) is 0 Å². The molecule has 1 aliphatic heterocycles. The molecule has 1 aliphatic rings. The van der Waals surface area contributed by atoms with Crippen LogP contribution in [0.5, 0.6) is 11.5 Å². The number of halogens is 1. The number of nitrogens with two attached hydrogens (primary N) is 1. The fourth-order valence-electron chi connectivity index (χ4n) is 2.58. The fourth-order valence-corrected chi connectivity index (χ4v) is 2.58. The van der Waals surface area contributed by atoms with E-state index in [1.807, 2.05) is 24.3 Å². The number of rotatable bonds is 4. The van der Waals surface area contributed by atoms with Crippen LogP contribution >= 0.6 is 12.4 Å². The number of fused-ring (bicyclic) bond motifs is 1.